The molecule has 3 aromatic rings. The van der Waals surface area contributed by atoms with Crippen molar-refractivity contribution in [1.29, 1.82) is 0 Å². The molecule has 1 amide bonds. The van der Waals surface area contributed by atoms with Crippen LogP contribution in [0.2, 0.25) is 0 Å². The van der Waals surface area contributed by atoms with Gasteiger partial charge in [0.05, 0.1) is 12.5 Å². The molecule has 1 atom stereocenters. The third-order valence-electron chi connectivity index (χ3n) is 4.17. The number of benzene rings is 3. The van der Waals surface area contributed by atoms with Gasteiger partial charge in [-0.3, -0.25) is 4.79 Å². The van der Waals surface area contributed by atoms with Crippen molar-refractivity contribution < 1.29 is 9.53 Å². The summed E-state index contributed by atoms with van der Waals surface area (Å²) in [5, 5.41) is 5.26. The number of carbonyl (C=O) groups is 1. The van der Waals surface area contributed by atoms with Crippen molar-refractivity contribution >= 4 is 16.7 Å². The van der Waals surface area contributed by atoms with E-state index in [2.05, 4.69) is 23.5 Å². The largest absolute Gasteiger partial charge is 0.375 e. The summed E-state index contributed by atoms with van der Waals surface area (Å²) >= 11 is 0. The number of carbonyl (C=O) groups excluding carboxylic acids is 1. The zero-order valence-corrected chi connectivity index (χ0v) is 13.7. The molecule has 0 aliphatic heterocycles. The minimum atomic E-state index is -0.136. The van der Waals surface area contributed by atoms with Crippen LogP contribution < -0.4 is 5.32 Å². The van der Waals surface area contributed by atoms with E-state index in [1.165, 1.54) is 0 Å². The monoisotopic (exact) mass is 319 g/mol. The molecule has 0 aromatic heterocycles. The van der Waals surface area contributed by atoms with Gasteiger partial charge in [-0.25, -0.2) is 0 Å². The molecule has 3 rings (SSSR count). The van der Waals surface area contributed by atoms with Crippen LogP contribution in [0.3, 0.4) is 0 Å². The van der Waals surface area contributed by atoms with Crippen LogP contribution in [0.25, 0.3) is 10.8 Å². The Kier molecular flexibility index (Phi) is 5.24. The Balaban J connectivity index is 1.65. The fraction of sp³-hybridized carbons (Fsp3) is 0.190. The standard InChI is InChI=1S/C21H21NO2/c1-24-20(17-9-3-2-4-10-17)15-22-21(23)14-18-12-7-11-16-8-5-6-13-19(16)18/h2-13,20H,14-15H2,1H3,(H,22,23). The maximum atomic E-state index is 12.3. The molecule has 1 unspecified atom stereocenters. The van der Waals surface area contributed by atoms with Crippen LogP contribution in [0.5, 0.6) is 0 Å². The first-order valence-corrected chi connectivity index (χ1v) is 8.09. The molecule has 0 aliphatic rings. The number of amides is 1. The van der Waals surface area contributed by atoms with Crippen molar-refractivity contribution in [3.05, 3.63) is 83.9 Å². The van der Waals surface area contributed by atoms with Gasteiger partial charge in [0.1, 0.15) is 0 Å². The molecule has 1 N–H and O–H groups in total. The molecule has 0 radical (unpaired) electrons. The smallest absolute Gasteiger partial charge is 0.224 e. The number of hydrogen-bond donors (Lipinski definition) is 1. The molecule has 122 valence electrons. The third kappa shape index (κ3) is 3.81. The van der Waals surface area contributed by atoms with Gasteiger partial charge in [0.2, 0.25) is 5.91 Å². The van der Waals surface area contributed by atoms with E-state index in [1.54, 1.807) is 7.11 Å². The molecule has 3 nitrogen and oxygen atoms in total. The number of hydrogen-bond acceptors (Lipinski definition) is 2. The SMILES string of the molecule is COC(CNC(=O)Cc1cccc2ccccc12)c1ccccc1. The average Bonchev–Trinajstić information content (AvgIpc) is 2.63. The Bertz CT molecular complexity index is 809. The zero-order valence-electron chi connectivity index (χ0n) is 13.7. The lowest BCUT2D eigenvalue weighted by Crippen LogP contribution is -2.30. The van der Waals surface area contributed by atoms with Gasteiger partial charge >= 0.3 is 0 Å². The van der Waals surface area contributed by atoms with Gasteiger partial charge in [-0.2, -0.15) is 0 Å². The molecular formula is C21H21NO2. The van der Waals surface area contributed by atoms with Gasteiger partial charge in [-0.15, -0.1) is 0 Å². The summed E-state index contributed by atoms with van der Waals surface area (Å²) in [6, 6.07) is 24.1. The average molecular weight is 319 g/mol. The first kappa shape index (κ1) is 16.2. The predicted octanol–water partition coefficient (Wildman–Crippen LogP) is 3.89. The highest BCUT2D eigenvalue weighted by atomic mass is 16.5. The lowest BCUT2D eigenvalue weighted by Gasteiger charge is -2.16. The molecule has 0 heterocycles. The minimum absolute atomic E-state index is 0.00401. The normalized spacial score (nSPS) is 12.0. The lowest BCUT2D eigenvalue weighted by atomic mass is 10.0. The molecule has 0 spiro atoms. The van der Waals surface area contributed by atoms with Crippen molar-refractivity contribution in [2.45, 2.75) is 12.5 Å². The Hall–Kier alpha value is -2.65. The number of nitrogens with one attached hydrogen (secondary N) is 1. The Morgan fingerprint density at radius 1 is 0.958 bits per heavy atom. The third-order valence-corrected chi connectivity index (χ3v) is 4.17. The van der Waals surface area contributed by atoms with Crippen LogP contribution in [0, 0.1) is 0 Å². The van der Waals surface area contributed by atoms with Crippen LogP contribution in [0.4, 0.5) is 0 Å². The lowest BCUT2D eigenvalue weighted by molar-refractivity contribution is -0.121. The van der Waals surface area contributed by atoms with Gasteiger partial charge in [0.15, 0.2) is 0 Å². The van der Waals surface area contributed by atoms with Crippen molar-refractivity contribution in [3.63, 3.8) is 0 Å². The van der Waals surface area contributed by atoms with Crippen molar-refractivity contribution in [1.82, 2.24) is 5.32 Å². The maximum Gasteiger partial charge on any atom is 0.224 e. The zero-order chi connectivity index (χ0) is 16.8. The van der Waals surface area contributed by atoms with E-state index >= 15 is 0 Å². The molecule has 0 aliphatic carbocycles. The summed E-state index contributed by atoms with van der Waals surface area (Å²) in [5.41, 5.74) is 2.10. The van der Waals surface area contributed by atoms with E-state index in [0.717, 1.165) is 21.9 Å². The van der Waals surface area contributed by atoms with Crippen LogP contribution >= 0.6 is 0 Å². The van der Waals surface area contributed by atoms with E-state index in [9.17, 15) is 4.79 Å². The summed E-state index contributed by atoms with van der Waals surface area (Å²) in [6.07, 6.45) is 0.231. The van der Waals surface area contributed by atoms with Crippen LogP contribution in [0.15, 0.2) is 72.8 Å². The van der Waals surface area contributed by atoms with E-state index in [1.807, 2.05) is 54.6 Å². The molecule has 0 fully saturated rings. The van der Waals surface area contributed by atoms with E-state index in [0.29, 0.717) is 13.0 Å². The van der Waals surface area contributed by atoms with E-state index < -0.39 is 0 Å². The Morgan fingerprint density at radius 3 is 2.46 bits per heavy atom. The first-order valence-electron chi connectivity index (χ1n) is 8.09. The molecule has 0 bridgehead atoms. The second-order valence-electron chi connectivity index (χ2n) is 5.75. The van der Waals surface area contributed by atoms with Gasteiger partial charge in [0, 0.05) is 13.7 Å². The van der Waals surface area contributed by atoms with Crippen molar-refractivity contribution in [2.75, 3.05) is 13.7 Å². The highest BCUT2D eigenvalue weighted by molar-refractivity contribution is 5.90. The first-order chi connectivity index (χ1) is 11.8. The predicted molar refractivity (Wildman–Crippen MR) is 96.9 cm³/mol. The van der Waals surface area contributed by atoms with E-state index in [-0.39, 0.29) is 12.0 Å². The van der Waals surface area contributed by atoms with Crippen LogP contribution in [-0.2, 0) is 16.0 Å². The Labute approximate surface area is 142 Å². The van der Waals surface area contributed by atoms with Crippen LogP contribution in [0.1, 0.15) is 17.2 Å². The Morgan fingerprint density at radius 2 is 1.67 bits per heavy atom. The summed E-state index contributed by atoms with van der Waals surface area (Å²) in [5.74, 6) is 0.00401. The number of ether oxygens (including phenoxy) is 1. The quantitative estimate of drug-likeness (QED) is 0.748. The minimum Gasteiger partial charge on any atom is -0.375 e. The van der Waals surface area contributed by atoms with Gasteiger partial charge in [-0.1, -0.05) is 72.8 Å². The van der Waals surface area contributed by atoms with Gasteiger partial charge in [-0.05, 0) is 21.9 Å². The highest BCUT2D eigenvalue weighted by Gasteiger charge is 2.12. The molecule has 0 saturated carbocycles. The fourth-order valence-corrected chi connectivity index (χ4v) is 2.89. The van der Waals surface area contributed by atoms with Crippen molar-refractivity contribution in [3.8, 4) is 0 Å². The van der Waals surface area contributed by atoms with Gasteiger partial charge in [0.25, 0.3) is 0 Å². The number of methoxy groups -OCH3 is 1. The second kappa shape index (κ2) is 7.75. The summed E-state index contributed by atoms with van der Waals surface area (Å²) in [4.78, 5) is 12.3. The number of rotatable bonds is 6. The van der Waals surface area contributed by atoms with Gasteiger partial charge < -0.3 is 10.1 Å². The molecular weight excluding hydrogens is 298 g/mol. The molecule has 3 aromatic carbocycles. The molecule has 24 heavy (non-hydrogen) atoms. The summed E-state index contributed by atoms with van der Waals surface area (Å²) in [7, 11) is 1.66. The molecule has 0 saturated heterocycles. The second-order valence-corrected chi connectivity index (χ2v) is 5.75. The highest BCUT2D eigenvalue weighted by Crippen LogP contribution is 2.19. The topological polar surface area (TPSA) is 38.3 Å². The molecule has 3 heteroatoms. The maximum absolute atomic E-state index is 12.3. The summed E-state index contributed by atoms with van der Waals surface area (Å²) < 4.78 is 5.49. The van der Waals surface area contributed by atoms with Crippen LogP contribution in [-0.4, -0.2) is 19.6 Å². The number of fused-ring (bicyclic) bond motifs is 1. The summed E-state index contributed by atoms with van der Waals surface area (Å²) in [6.45, 7) is 0.462. The fourth-order valence-electron chi connectivity index (χ4n) is 2.89. The van der Waals surface area contributed by atoms with Crippen molar-refractivity contribution in [2.24, 2.45) is 0 Å². The van der Waals surface area contributed by atoms with E-state index in [4.69, 9.17) is 4.74 Å².